The summed E-state index contributed by atoms with van der Waals surface area (Å²) in [7, 11) is 0. The van der Waals surface area contributed by atoms with Gasteiger partial charge in [0, 0.05) is 25.6 Å². The third-order valence-electron chi connectivity index (χ3n) is 8.50. The van der Waals surface area contributed by atoms with Crippen molar-refractivity contribution >= 4 is 17.8 Å². The number of likely N-dealkylation sites (tertiary alicyclic amines) is 1. The number of alkyl halides is 3. The van der Waals surface area contributed by atoms with Gasteiger partial charge in [-0.2, -0.15) is 13.2 Å². The van der Waals surface area contributed by atoms with E-state index < -0.39 is 23.2 Å². The molecule has 0 spiro atoms. The number of carboxylic acid groups (broad SMARTS) is 1. The molecule has 1 unspecified atom stereocenters. The minimum atomic E-state index is -5.08. The van der Waals surface area contributed by atoms with Crippen molar-refractivity contribution < 1.29 is 37.4 Å². The number of nitrogens with zero attached hydrogens (tertiary/aromatic N) is 1. The molecule has 1 saturated carbocycles. The van der Waals surface area contributed by atoms with Gasteiger partial charge >= 0.3 is 18.1 Å². The molecule has 1 aliphatic heterocycles. The van der Waals surface area contributed by atoms with E-state index in [0.717, 1.165) is 50.3 Å². The Labute approximate surface area is 264 Å². The zero-order valence-electron chi connectivity index (χ0n) is 26.8. The van der Waals surface area contributed by atoms with Crippen molar-refractivity contribution in [2.24, 2.45) is 0 Å². The first-order chi connectivity index (χ1) is 21.1. The largest absolute Gasteiger partial charge is 0.490 e. The molecule has 45 heavy (non-hydrogen) atoms. The highest BCUT2D eigenvalue weighted by molar-refractivity contribution is 5.89. The Kier molecular flexibility index (Phi) is 12.6. The molecule has 10 heteroatoms. The van der Waals surface area contributed by atoms with Crippen LogP contribution in [0.2, 0.25) is 0 Å². The number of amides is 1. The molecular formula is C35H47F3N2O5. The van der Waals surface area contributed by atoms with Crippen LogP contribution in [0.15, 0.2) is 48.5 Å². The number of halogens is 3. The first-order valence-corrected chi connectivity index (χ1v) is 15.8. The fourth-order valence-corrected chi connectivity index (χ4v) is 6.06. The molecule has 1 saturated heterocycles. The number of hydrogen-bond acceptors (Lipinski definition) is 5. The van der Waals surface area contributed by atoms with E-state index in [2.05, 4.69) is 65.7 Å². The number of carbonyl (C=O) groups excluding carboxylic acids is 2. The van der Waals surface area contributed by atoms with Gasteiger partial charge < -0.3 is 20.1 Å². The molecule has 2 aromatic rings. The number of carbonyl (C=O) groups is 3. The minimum Gasteiger partial charge on any atom is -0.475 e. The molecule has 1 amide bonds. The summed E-state index contributed by atoms with van der Waals surface area (Å²) in [5.41, 5.74) is 3.93. The Hall–Kier alpha value is -3.40. The normalized spacial score (nSPS) is 18.2. The molecule has 0 aromatic heterocycles. The molecule has 2 fully saturated rings. The van der Waals surface area contributed by atoms with Crippen molar-refractivity contribution in [2.45, 2.75) is 109 Å². The summed E-state index contributed by atoms with van der Waals surface area (Å²) in [6.07, 6.45) is 3.43. The van der Waals surface area contributed by atoms with Gasteiger partial charge in [0.05, 0.1) is 5.41 Å². The lowest BCUT2D eigenvalue weighted by atomic mass is 9.77. The van der Waals surface area contributed by atoms with Gasteiger partial charge in [-0.25, -0.2) is 4.79 Å². The number of hydrogen-bond donors (Lipinski definition) is 2. The third-order valence-corrected chi connectivity index (χ3v) is 8.50. The van der Waals surface area contributed by atoms with E-state index in [1.165, 1.54) is 36.1 Å². The summed E-state index contributed by atoms with van der Waals surface area (Å²) in [6.45, 7) is 10.8. The van der Waals surface area contributed by atoms with Gasteiger partial charge in [-0.3, -0.25) is 9.59 Å². The van der Waals surface area contributed by atoms with Crippen molar-refractivity contribution in [1.29, 1.82) is 0 Å². The highest BCUT2D eigenvalue weighted by atomic mass is 19.4. The first kappa shape index (κ1) is 36.1. The van der Waals surface area contributed by atoms with Crippen LogP contribution in [0.5, 0.6) is 0 Å². The molecule has 0 radical (unpaired) electrons. The number of benzene rings is 2. The molecule has 7 nitrogen and oxygen atoms in total. The van der Waals surface area contributed by atoms with Crippen molar-refractivity contribution in [3.63, 3.8) is 0 Å². The average Bonchev–Trinajstić information content (AvgIpc) is 3.63. The van der Waals surface area contributed by atoms with Crippen LogP contribution < -0.4 is 5.32 Å². The van der Waals surface area contributed by atoms with Crippen molar-refractivity contribution in [2.75, 3.05) is 19.6 Å². The Morgan fingerprint density at radius 2 is 1.51 bits per heavy atom. The molecule has 0 bridgehead atoms. The summed E-state index contributed by atoms with van der Waals surface area (Å²) in [5.74, 6) is -2.89. The second kappa shape index (κ2) is 15.7. The topological polar surface area (TPSA) is 95.9 Å². The maximum absolute atomic E-state index is 13.4. The van der Waals surface area contributed by atoms with Crippen LogP contribution in [0, 0.1) is 0 Å². The predicted octanol–water partition coefficient (Wildman–Crippen LogP) is 7.06. The van der Waals surface area contributed by atoms with Crippen molar-refractivity contribution in [1.82, 2.24) is 10.2 Å². The van der Waals surface area contributed by atoms with Gasteiger partial charge in [0.2, 0.25) is 5.91 Å². The minimum absolute atomic E-state index is 0.0867. The molecule has 248 valence electrons. The second-order valence-electron chi connectivity index (χ2n) is 13.1. The molecule has 2 aromatic carbocycles. The van der Waals surface area contributed by atoms with Gasteiger partial charge in [0.25, 0.3) is 0 Å². The zero-order chi connectivity index (χ0) is 33.3. The molecule has 1 aliphatic carbocycles. The summed E-state index contributed by atoms with van der Waals surface area (Å²) in [5, 5.41) is 10.2. The highest BCUT2D eigenvalue weighted by Gasteiger charge is 2.42. The average molecular weight is 633 g/mol. The fraction of sp³-hybridized carbons (Fsp3) is 0.571. The highest BCUT2D eigenvalue weighted by Crippen LogP contribution is 2.42. The lowest BCUT2D eigenvalue weighted by Crippen LogP contribution is -2.43. The number of esters is 1. The standard InChI is InChI=1S/C33H46N2O3.C2HF3O2/c1-25-9-8-23-35(25)24-19-26-11-13-27(14-12-26)28-15-17-29(18-16-28)33(20-5-6-21-33)31(37)34-22-7-10-30(36)38-32(2,3)4;3-2(4,5)1(6)7/h11-18,25H,5-10,19-24H2,1-4H3,(H,34,37);(H,6,7). The predicted molar refractivity (Wildman–Crippen MR) is 168 cm³/mol. The van der Waals surface area contributed by atoms with Crippen molar-refractivity contribution in [3.8, 4) is 11.1 Å². The van der Waals surface area contributed by atoms with Gasteiger partial charge in [-0.1, -0.05) is 61.4 Å². The Bertz CT molecular complexity index is 1260. The smallest absolute Gasteiger partial charge is 0.475 e. The number of carboxylic acids is 1. The third kappa shape index (κ3) is 10.9. The van der Waals surface area contributed by atoms with E-state index in [9.17, 15) is 22.8 Å². The van der Waals surface area contributed by atoms with Gasteiger partial charge in [0.15, 0.2) is 0 Å². The quantitative estimate of drug-likeness (QED) is 0.215. The molecule has 2 aliphatic rings. The maximum Gasteiger partial charge on any atom is 0.490 e. The number of aliphatic carboxylic acids is 1. The van der Waals surface area contributed by atoms with Crippen LogP contribution in [-0.2, 0) is 31.0 Å². The summed E-state index contributed by atoms with van der Waals surface area (Å²) < 4.78 is 37.1. The lowest BCUT2D eigenvalue weighted by molar-refractivity contribution is -0.192. The number of nitrogens with one attached hydrogen (secondary N) is 1. The molecule has 2 N–H and O–H groups in total. The zero-order valence-corrected chi connectivity index (χ0v) is 26.8. The van der Waals surface area contributed by atoms with Crippen molar-refractivity contribution in [3.05, 3.63) is 59.7 Å². The first-order valence-electron chi connectivity index (χ1n) is 15.8. The fourth-order valence-electron chi connectivity index (χ4n) is 6.06. The number of rotatable bonds is 10. The Morgan fingerprint density at radius 1 is 0.956 bits per heavy atom. The van der Waals surface area contributed by atoms with E-state index in [1.807, 2.05) is 20.8 Å². The van der Waals surface area contributed by atoms with Crippen LogP contribution in [-0.4, -0.2) is 65.3 Å². The monoisotopic (exact) mass is 632 g/mol. The van der Waals surface area contributed by atoms with Gasteiger partial charge in [-0.15, -0.1) is 0 Å². The Morgan fingerprint density at radius 3 is 2.00 bits per heavy atom. The summed E-state index contributed by atoms with van der Waals surface area (Å²) in [4.78, 5) is 36.8. The molecular weight excluding hydrogens is 585 g/mol. The van der Waals surface area contributed by atoms with Crippen LogP contribution in [0.25, 0.3) is 11.1 Å². The van der Waals surface area contributed by atoms with Gasteiger partial charge in [0.1, 0.15) is 5.60 Å². The maximum atomic E-state index is 13.4. The summed E-state index contributed by atoms with van der Waals surface area (Å²) in [6, 6.07) is 18.3. The van der Waals surface area contributed by atoms with E-state index in [4.69, 9.17) is 14.6 Å². The molecule has 1 atom stereocenters. The van der Waals surface area contributed by atoms with Crippen LogP contribution in [0.4, 0.5) is 13.2 Å². The van der Waals surface area contributed by atoms with Crippen LogP contribution >= 0.6 is 0 Å². The van der Waals surface area contributed by atoms with Gasteiger partial charge in [-0.05, 0) is 95.0 Å². The SMILES string of the molecule is CC1CCCN1CCc1ccc(-c2ccc(C3(C(=O)NCCCC(=O)OC(C)(C)C)CCCC3)cc2)cc1.O=C(O)C(F)(F)F. The van der Waals surface area contributed by atoms with Crippen LogP contribution in [0.1, 0.15) is 90.2 Å². The molecule has 1 heterocycles. The van der Waals surface area contributed by atoms with E-state index in [-0.39, 0.29) is 11.9 Å². The molecule has 4 rings (SSSR count). The van der Waals surface area contributed by atoms with E-state index in [1.54, 1.807) is 0 Å². The van der Waals surface area contributed by atoms with E-state index in [0.29, 0.717) is 19.4 Å². The van der Waals surface area contributed by atoms with E-state index >= 15 is 0 Å². The van der Waals surface area contributed by atoms with Crippen LogP contribution in [0.3, 0.4) is 0 Å². The number of ether oxygens (including phenoxy) is 1. The summed E-state index contributed by atoms with van der Waals surface area (Å²) >= 11 is 0. The lowest BCUT2D eigenvalue weighted by Gasteiger charge is -2.28. The second-order valence-corrected chi connectivity index (χ2v) is 13.1. The Balaban J connectivity index is 0.000000707.